The van der Waals surface area contributed by atoms with E-state index in [1.54, 1.807) is 0 Å². The fourth-order valence-electron chi connectivity index (χ4n) is 10.5. The van der Waals surface area contributed by atoms with Crippen molar-refractivity contribution in [3.05, 3.63) is 0 Å². The van der Waals surface area contributed by atoms with Crippen LogP contribution in [0.5, 0.6) is 0 Å². The summed E-state index contributed by atoms with van der Waals surface area (Å²) in [4.78, 5) is 0. The quantitative estimate of drug-likeness (QED) is 0.485. The van der Waals surface area contributed by atoms with E-state index >= 15 is 0 Å². The molecule has 0 radical (unpaired) electrons. The maximum Gasteiger partial charge on any atom is -0.0170 e. The highest BCUT2D eigenvalue weighted by Crippen LogP contribution is 2.96. The van der Waals surface area contributed by atoms with Crippen molar-refractivity contribution in [2.45, 2.75) is 81.1 Å². The van der Waals surface area contributed by atoms with Crippen LogP contribution in [-0.4, -0.2) is 0 Å². The first kappa shape index (κ1) is 15.3. The minimum Gasteiger partial charge on any atom is -0.0622 e. The highest BCUT2D eigenvalue weighted by atomic mass is 14.9. The molecule has 5 aliphatic rings. The van der Waals surface area contributed by atoms with Gasteiger partial charge in [-0.3, -0.25) is 0 Å². The van der Waals surface area contributed by atoms with Crippen molar-refractivity contribution in [3.63, 3.8) is 0 Å². The van der Waals surface area contributed by atoms with Crippen molar-refractivity contribution in [1.82, 2.24) is 0 Å². The van der Waals surface area contributed by atoms with Crippen molar-refractivity contribution in [2.75, 3.05) is 0 Å². The molecular weight excluding hydrogens is 276 g/mol. The molecule has 0 aromatic heterocycles. The van der Waals surface area contributed by atoms with Gasteiger partial charge in [-0.25, -0.2) is 0 Å². The molecule has 130 valence electrons. The van der Waals surface area contributed by atoms with Crippen LogP contribution in [0.2, 0.25) is 0 Å². The molecule has 0 saturated heterocycles. The van der Waals surface area contributed by atoms with Gasteiger partial charge in [-0.15, -0.1) is 0 Å². The van der Waals surface area contributed by atoms with E-state index in [1.807, 2.05) is 0 Å². The second-order valence-corrected chi connectivity index (χ2v) is 12.0. The first-order valence-corrected chi connectivity index (χ1v) is 10.5. The van der Waals surface area contributed by atoms with Gasteiger partial charge in [-0.2, -0.15) is 0 Å². The molecule has 0 amide bonds. The maximum absolute atomic E-state index is 2.75. The van der Waals surface area contributed by atoms with E-state index in [-0.39, 0.29) is 0 Å². The summed E-state index contributed by atoms with van der Waals surface area (Å²) >= 11 is 0. The zero-order chi connectivity index (χ0) is 16.8. The molecule has 5 aliphatic carbocycles. The standard InChI is InChI=1S/C23H38/c1-13-11-15-9-10-20(5)12-16-18-17(14(13)2)21(15,6)23(18,8)22(16,7)19(20,3)4/h13-18H,9-12H2,1-8H3. The van der Waals surface area contributed by atoms with Crippen LogP contribution >= 0.6 is 0 Å². The second-order valence-electron chi connectivity index (χ2n) is 12.0. The first-order valence-electron chi connectivity index (χ1n) is 10.5. The topological polar surface area (TPSA) is 0 Å². The molecule has 0 aromatic rings. The Labute approximate surface area is 144 Å². The molecule has 10 atom stereocenters. The molecule has 2 bridgehead atoms. The molecule has 0 aromatic carbocycles. The van der Waals surface area contributed by atoms with Crippen molar-refractivity contribution >= 4 is 0 Å². The van der Waals surface area contributed by atoms with Gasteiger partial charge >= 0.3 is 0 Å². The maximum atomic E-state index is 2.75. The van der Waals surface area contributed by atoms with E-state index in [1.165, 1.54) is 25.7 Å². The highest BCUT2D eigenvalue weighted by Gasteiger charge is 2.91. The van der Waals surface area contributed by atoms with Crippen LogP contribution in [0.25, 0.3) is 0 Å². The largest absolute Gasteiger partial charge is 0.0622 e. The van der Waals surface area contributed by atoms with Gasteiger partial charge in [-0.05, 0) is 88.3 Å². The van der Waals surface area contributed by atoms with Crippen molar-refractivity contribution in [1.29, 1.82) is 0 Å². The van der Waals surface area contributed by atoms with Gasteiger partial charge in [-0.1, -0.05) is 55.4 Å². The summed E-state index contributed by atoms with van der Waals surface area (Å²) in [5.74, 6) is 5.97. The SMILES string of the molecule is CC1CC2CCC3(C)CC4C5C(C1C)C2(C)C5(C)C4(C)C3(C)C. The molecule has 0 N–H and O–H groups in total. The van der Waals surface area contributed by atoms with E-state index in [0.717, 1.165) is 35.5 Å². The van der Waals surface area contributed by atoms with E-state index in [2.05, 4.69) is 55.4 Å². The molecule has 0 heteroatoms. The number of hydrogen-bond acceptors (Lipinski definition) is 0. The molecule has 23 heavy (non-hydrogen) atoms. The predicted molar refractivity (Wildman–Crippen MR) is 97.0 cm³/mol. The molecule has 5 rings (SSSR count). The lowest BCUT2D eigenvalue weighted by Gasteiger charge is -2.89. The zero-order valence-electron chi connectivity index (χ0n) is 16.8. The van der Waals surface area contributed by atoms with Gasteiger partial charge in [0.2, 0.25) is 0 Å². The van der Waals surface area contributed by atoms with Gasteiger partial charge in [0, 0.05) is 0 Å². The van der Waals surface area contributed by atoms with Crippen molar-refractivity contribution in [2.24, 2.45) is 62.6 Å². The van der Waals surface area contributed by atoms with Gasteiger partial charge in [0.05, 0.1) is 0 Å². The molecule has 0 aliphatic heterocycles. The van der Waals surface area contributed by atoms with E-state index in [4.69, 9.17) is 0 Å². The van der Waals surface area contributed by atoms with Gasteiger partial charge < -0.3 is 0 Å². The molecule has 5 fully saturated rings. The van der Waals surface area contributed by atoms with Crippen LogP contribution in [0.4, 0.5) is 0 Å². The number of rotatable bonds is 0. The Morgan fingerprint density at radius 1 is 0.826 bits per heavy atom. The summed E-state index contributed by atoms with van der Waals surface area (Å²) in [7, 11) is 0. The van der Waals surface area contributed by atoms with Crippen LogP contribution in [0.15, 0.2) is 0 Å². The molecular formula is C23H38. The summed E-state index contributed by atoms with van der Waals surface area (Å²) in [5, 5.41) is 0. The lowest BCUT2D eigenvalue weighted by atomic mass is 9.14. The Balaban J connectivity index is 1.75. The van der Waals surface area contributed by atoms with Gasteiger partial charge in [0.25, 0.3) is 0 Å². The van der Waals surface area contributed by atoms with Crippen LogP contribution in [0, 0.1) is 62.6 Å². The third-order valence-corrected chi connectivity index (χ3v) is 12.6. The Bertz CT molecular complexity index is 589. The van der Waals surface area contributed by atoms with E-state index < -0.39 is 0 Å². The Hall–Kier alpha value is 0. The van der Waals surface area contributed by atoms with Crippen molar-refractivity contribution < 1.29 is 0 Å². The van der Waals surface area contributed by atoms with Gasteiger partial charge in [0.15, 0.2) is 0 Å². The third-order valence-electron chi connectivity index (χ3n) is 12.6. The number of fused-ring (bicyclic) bond motifs is 3. The lowest BCUT2D eigenvalue weighted by molar-refractivity contribution is -0.427. The smallest absolute Gasteiger partial charge is 0.0170 e. The number of hydrogen-bond donors (Lipinski definition) is 0. The Morgan fingerprint density at radius 3 is 2.13 bits per heavy atom. The predicted octanol–water partition coefficient (Wildman–Crippen LogP) is 6.40. The molecule has 5 saturated carbocycles. The lowest BCUT2D eigenvalue weighted by Crippen LogP contribution is -2.85. The highest BCUT2D eigenvalue weighted by molar-refractivity contribution is 5.38. The molecule has 0 spiro atoms. The minimum absolute atomic E-state index is 0.501. The van der Waals surface area contributed by atoms with E-state index in [9.17, 15) is 0 Å². The van der Waals surface area contributed by atoms with Crippen molar-refractivity contribution in [3.8, 4) is 0 Å². The third kappa shape index (κ3) is 1.06. The van der Waals surface area contributed by atoms with Crippen LogP contribution in [-0.2, 0) is 0 Å². The average Bonchev–Trinajstić information content (AvgIpc) is 2.66. The van der Waals surface area contributed by atoms with Crippen LogP contribution in [0.3, 0.4) is 0 Å². The van der Waals surface area contributed by atoms with E-state index in [0.29, 0.717) is 27.1 Å². The molecule has 0 nitrogen and oxygen atoms in total. The van der Waals surface area contributed by atoms with Crippen LogP contribution < -0.4 is 0 Å². The summed E-state index contributed by atoms with van der Waals surface area (Å²) in [6, 6.07) is 0. The summed E-state index contributed by atoms with van der Waals surface area (Å²) in [6.07, 6.45) is 6.03. The second kappa shape index (κ2) is 3.59. The average molecular weight is 315 g/mol. The minimum atomic E-state index is 0.501. The zero-order valence-corrected chi connectivity index (χ0v) is 16.8. The summed E-state index contributed by atoms with van der Waals surface area (Å²) in [5.41, 5.74) is 2.88. The summed E-state index contributed by atoms with van der Waals surface area (Å²) < 4.78 is 0. The fourth-order valence-corrected chi connectivity index (χ4v) is 10.5. The normalized spacial score (nSPS) is 71.0. The van der Waals surface area contributed by atoms with Crippen LogP contribution in [0.1, 0.15) is 81.1 Å². The Kier molecular flexibility index (Phi) is 2.38. The monoisotopic (exact) mass is 314 g/mol. The first-order chi connectivity index (χ1) is 10.5. The summed E-state index contributed by atoms with van der Waals surface area (Å²) in [6.45, 7) is 21.4. The Morgan fingerprint density at radius 2 is 1.48 bits per heavy atom. The fraction of sp³-hybridized carbons (Fsp3) is 1.00. The molecule has 10 unspecified atom stereocenters. The van der Waals surface area contributed by atoms with Gasteiger partial charge in [0.1, 0.15) is 0 Å². The molecule has 0 heterocycles.